The monoisotopic (exact) mass is 243 g/mol. The lowest BCUT2D eigenvalue weighted by molar-refractivity contribution is 0.414. The zero-order chi connectivity index (χ0) is 12.5. The number of nitrogens with two attached hydrogens (primary N) is 1. The second-order valence-electron chi connectivity index (χ2n) is 4.65. The van der Waals surface area contributed by atoms with Gasteiger partial charge in [0, 0.05) is 24.2 Å². The van der Waals surface area contributed by atoms with Crippen molar-refractivity contribution in [1.82, 2.24) is 9.78 Å². The molecule has 3 rings (SSSR count). The molecule has 4 nitrogen and oxygen atoms in total. The number of hydrogen-bond donors (Lipinski definition) is 1. The summed E-state index contributed by atoms with van der Waals surface area (Å²) in [5.74, 6) is 1.49. The minimum atomic E-state index is 0.483. The molecule has 0 amide bonds. The first kappa shape index (κ1) is 11.3. The highest BCUT2D eigenvalue weighted by Gasteiger charge is 2.28. The standard InChI is InChI=1S/C14H17N3O/c1-18-13-4-2-3-12(8-13)17-14(10-5-6-10)7-11(9-15)16-17/h2-4,7-8,10H,5-6,9,15H2,1H3. The molecule has 0 atom stereocenters. The van der Waals surface area contributed by atoms with Gasteiger partial charge in [-0.25, -0.2) is 4.68 Å². The largest absolute Gasteiger partial charge is 0.497 e. The van der Waals surface area contributed by atoms with E-state index < -0.39 is 0 Å². The number of aromatic nitrogens is 2. The summed E-state index contributed by atoms with van der Waals surface area (Å²) in [6, 6.07) is 10.1. The molecule has 94 valence electrons. The molecule has 2 N–H and O–H groups in total. The molecule has 1 fully saturated rings. The van der Waals surface area contributed by atoms with E-state index in [1.807, 2.05) is 28.9 Å². The Morgan fingerprint density at radius 1 is 1.39 bits per heavy atom. The van der Waals surface area contributed by atoms with Gasteiger partial charge in [0.15, 0.2) is 0 Å². The lowest BCUT2D eigenvalue weighted by Crippen LogP contribution is -2.03. The minimum absolute atomic E-state index is 0.483. The SMILES string of the molecule is COc1cccc(-n2nc(CN)cc2C2CC2)c1. The summed E-state index contributed by atoms with van der Waals surface area (Å²) >= 11 is 0. The molecule has 0 spiro atoms. The predicted octanol–water partition coefficient (Wildman–Crippen LogP) is 2.22. The van der Waals surface area contributed by atoms with Crippen molar-refractivity contribution < 1.29 is 4.74 Å². The third-order valence-corrected chi connectivity index (χ3v) is 3.29. The number of methoxy groups -OCH3 is 1. The molecular formula is C14H17N3O. The van der Waals surface area contributed by atoms with E-state index in [1.54, 1.807) is 7.11 Å². The van der Waals surface area contributed by atoms with Crippen molar-refractivity contribution in [3.63, 3.8) is 0 Å². The molecule has 1 saturated carbocycles. The fourth-order valence-corrected chi connectivity index (χ4v) is 2.17. The normalized spacial score (nSPS) is 14.8. The molecule has 0 bridgehead atoms. The van der Waals surface area contributed by atoms with Crippen LogP contribution in [0.25, 0.3) is 5.69 Å². The molecule has 18 heavy (non-hydrogen) atoms. The van der Waals surface area contributed by atoms with E-state index in [4.69, 9.17) is 10.5 Å². The third-order valence-electron chi connectivity index (χ3n) is 3.29. The van der Waals surface area contributed by atoms with Crippen LogP contribution in [0.4, 0.5) is 0 Å². The first-order valence-corrected chi connectivity index (χ1v) is 6.25. The van der Waals surface area contributed by atoms with E-state index in [0.717, 1.165) is 17.1 Å². The van der Waals surface area contributed by atoms with Gasteiger partial charge in [-0.2, -0.15) is 5.10 Å². The fourth-order valence-electron chi connectivity index (χ4n) is 2.17. The van der Waals surface area contributed by atoms with Crippen LogP contribution in [0.5, 0.6) is 5.75 Å². The molecule has 0 unspecified atom stereocenters. The Balaban J connectivity index is 2.06. The molecule has 1 aromatic carbocycles. The van der Waals surface area contributed by atoms with Crippen molar-refractivity contribution >= 4 is 0 Å². The number of hydrogen-bond acceptors (Lipinski definition) is 3. The van der Waals surface area contributed by atoms with Gasteiger partial charge < -0.3 is 10.5 Å². The van der Waals surface area contributed by atoms with Crippen molar-refractivity contribution in [1.29, 1.82) is 0 Å². The topological polar surface area (TPSA) is 53.1 Å². The second kappa shape index (κ2) is 4.46. The van der Waals surface area contributed by atoms with E-state index >= 15 is 0 Å². The van der Waals surface area contributed by atoms with Crippen molar-refractivity contribution in [2.45, 2.75) is 25.3 Å². The van der Waals surface area contributed by atoms with Crippen LogP contribution in [0.3, 0.4) is 0 Å². The highest BCUT2D eigenvalue weighted by molar-refractivity contribution is 5.41. The van der Waals surface area contributed by atoms with Gasteiger partial charge in [-0.1, -0.05) is 6.07 Å². The van der Waals surface area contributed by atoms with Crippen LogP contribution in [-0.4, -0.2) is 16.9 Å². The van der Waals surface area contributed by atoms with Gasteiger partial charge >= 0.3 is 0 Å². The van der Waals surface area contributed by atoms with Crippen molar-refractivity contribution in [3.8, 4) is 11.4 Å². The Morgan fingerprint density at radius 2 is 2.22 bits per heavy atom. The maximum Gasteiger partial charge on any atom is 0.121 e. The maximum atomic E-state index is 5.69. The summed E-state index contributed by atoms with van der Waals surface area (Å²) < 4.78 is 7.26. The molecule has 0 saturated heterocycles. The van der Waals surface area contributed by atoms with Crippen LogP contribution >= 0.6 is 0 Å². The summed E-state index contributed by atoms with van der Waals surface area (Å²) in [6.45, 7) is 0.483. The van der Waals surface area contributed by atoms with Crippen LogP contribution in [0.15, 0.2) is 30.3 Å². The zero-order valence-corrected chi connectivity index (χ0v) is 10.5. The first-order valence-electron chi connectivity index (χ1n) is 6.25. The van der Waals surface area contributed by atoms with E-state index in [2.05, 4.69) is 11.2 Å². The van der Waals surface area contributed by atoms with Gasteiger partial charge in [0.1, 0.15) is 5.75 Å². The van der Waals surface area contributed by atoms with E-state index in [9.17, 15) is 0 Å². The van der Waals surface area contributed by atoms with E-state index in [1.165, 1.54) is 18.5 Å². The summed E-state index contributed by atoms with van der Waals surface area (Å²) in [7, 11) is 1.68. The minimum Gasteiger partial charge on any atom is -0.497 e. The Morgan fingerprint density at radius 3 is 2.89 bits per heavy atom. The van der Waals surface area contributed by atoms with Crippen LogP contribution < -0.4 is 10.5 Å². The average Bonchev–Trinajstić information content (AvgIpc) is 3.18. The lowest BCUT2D eigenvalue weighted by atomic mass is 10.2. The van der Waals surface area contributed by atoms with Crippen molar-refractivity contribution in [3.05, 3.63) is 41.7 Å². The van der Waals surface area contributed by atoms with Crippen LogP contribution in [0.2, 0.25) is 0 Å². The Hall–Kier alpha value is -1.81. The van der Waals surface area contributed by atoms with Gasteiger partial charge in [0.25, 0.3) is 0 Å². The number of ether oxygens (including phenoxy) is 1. The summed E-state index contributed by atoms with van der Waals surface area (Å²) in [5.41, 5.74) is 8.94. The molecular weight excluding hydrogens is 226 g/mol. The molecule has 1 heterocycles. The highest BCUT2D eigenvalue weighted by Crippen LogP contribution is 2.41. The van der Waals surface area contributed by atoms with Gasteiger partial charge in [0.05, 0.1) is 18.5 Å². The molecule has 1 aromatic heterocycles. The third kappa shape index (κ3) is 1.99. The van der Waals surface area contributed by atoms with Crippen molar-refractivity contribution in [2.75, 3.05) is 7.11 Å². The van der Waals surface area contributed by atoms with Crippen LogP contribution in [-0.2, 0) is 6.54 Å². The predicted molar refractivity (Wildman–Crippen MR) is 70.0 cm³/mol. The van der Waals surface area contributed by atoms with Crippen LogP contribution in [0, 0.1) is 0 Å². The second-order valence-corrected chi connectivity index (χ2v) is 4.65. The fraction of sp³-hybridized carbons (Fsp3) is 0.357. The van der Waals surface area contributed by atoms with Gasteiger partial charge in [0.2, 0.25) is 0 Å². The highest BCUT2D eigenvalue weighted by atomic mass is 16.5. The number of nitrogens with zero attached hydrogens (tertiary/aromatic N) is 2. The smallest absolute Gasteiger partial charge is 0.121 e. The summed E-state index contributed by atoms with van der Waals surface area (Å²) in [5, 5.41) is 4.57. The van der Waals surface area contributed by atoms with Crippen molar-refractivity contribution in [2.24, 2.45) is 5.73 Å². The zero-order valence-electron chi connectivity index (χ0n) is 10.5. The average molecular weight is 243 g/mol. The molecule has 4 heteroatoms. The van der Waals surface area contributed by atoms with E-state index in [-0.39, 0.29) is 0 Å². The lowest BCUT2D eigenvalue weighted by Gasteiger charge is -2.08. The summed E-state index contributed by atoms with van der Waals surface area (Å²) in [4.78, 5) is 0. The Bertz CT molecular complexity index is 558. The molecule has 2 aromatic rings. The number of rotatable bonds is 4. The Kier molecular flexibility index (Phi) is 2.80. The molecule has 0 radical (unpaired) electrons. The Labute approximate surface area is 106 Å². The van der Waals surface area contributed by atoms with Gasteiger partial charge in [-0.3, -0.25) is 0 Å². The number of benzene rings is 1. The van der Waals surface area contributed by atoms with Gasteiger partial charge in [-0.15, -0.1) is 0 Å². The molecule has 1 aliphatic rings. The maximum absolute atomic E-state index is 5.69. The van der Waals surface area contributed by atoms with E-state index in [0.29, 0.717) is 12.5 Å². The molecule has 0 aliphatic heterocycles. The molecule has 1 aliphatic carbocycles. The first-order chi connectivity index (χ1) is 8.81. The van der Waals surface area contributed by atoms with Crippen LogP contribution in [0.1, 0.15) is 30.1 Å². The summed E-state index contributed by atoms with van der Waals surface area (Å²) in [6.07, 6.45) is 2.50. The van der Waals surface area contributed by atoms with Gasteiger partial charge in [-0.05, 0) is 31.0 Å². The quantitative estimate of drug-likeness (QED) is 0.895.